The minimum absolute atomic E-state index is 0.0797. The molecule has 21 heavy (non-hydrogen) atoms. The Bertz CT molecular complexity index is 657. The standard InChI is InChI=1S/C11H18N4O5S/c1-6-9(8(10(17)18)15-14-6)21(19,20)12-5-7(16)13-11(2,3)4/h12H,5H2,1-4H3,(H,13,16)(H,14,15)(H,17,18). The Balaban J connectivity index is 2.91. The summed E-state index contributed by atoms with van der Waals surface area (Å²) in [4.78, 5) is 22.1. The molecule has 118 valence electrons. The highest BCUT2D eigenvalue weighted by atomic mass is 32.2. The third-order valence-corrected chi connectivity index (χ3v) is 3.86. The van der Waals surface area contributed by atoms with Crippen molar-refractivity contribution < 1.29 is 23.1 Å². The monoisotopic (exact) mass is 318 g/mol. The van der Waals surface area contributed by atoms with E-state index in [1.54, 1.807) is 20.8 Å². The van der Waals surface area contributed by atoms with Crippen LogP contribution >= 0.6 is 0 Å². The maximum atomic E-state index is 12.1. The summed E-state index contributed by atoms with van der Waals surface area (Å²) in [5.41, 5.74) is -1.03. The van der Waals surface area contributed by atoms with Gasteiger partial charge < -0.3 is 10.4 Å². The fraction of sp³-hybridized carbons (Fsp3) is 0.545. The first-order chi connectivity index (χ1) is 9.44. The quantitative estimate of drug-likeness (QED) is 0.582. The molecule has 0 saturated heterocycles. The van der Waals surface area contributed by atoms with E-state index in [0.717, 1.165) is 0 Å². The topological polar surface area (TPSA) is 141 Å². The zero-order chi connectivity index (χ0) is 16.4. The first-order valence-corrected chi connectivity index (χ1v) is 7.51. The normalized spacial score (nSPS) is 12.2. The summed E-state index contributed by atoms with van der Waals surface area (Å²) in [6.07, 6.45) is 0. The highest BCUT2D eigenvalue weighted by molar-refractivity contribution is 7.89. The van der Waals surface area contributed by atoms with E-state index in [2.05, 4.69) is 20.2 Å². The van der Waals surface area contributed by atoms with Crippen molar-refractivity contribution in [2.75, 3.05) is 6.54 Å². The second-order valence-corrected chi connectivity index (χ2v) is 7.16. The number of nitrogens with one attached hydrogen (secondary N) is 3. The fourth-order valence-electron chi connectivity index (χ4n) is 1.59. The second-order valence-electron chi connectivity index (χ2n) is 5.45. The van der Waals surface area contributed by atoms with Gasteiger partial charge in [0.25, 0.3) is 0 Å². The van der Waals surface area contributed by atoms with Gasteiger partial charge in [-0.3, -0.25) is 9.89 Å². The summed E-state index contributed by atoms with van der Waals surface area (Å²) in [5, 5.41) is 17.2. The number of sulfonamides is 1. The van der Waals surface area contributed by atoms with E-state index in [9.17, 15) is 18.0 Å². The molecule has 0 aliphatic heterocycles. The molecule has 0 radical (unpaired) electrons. The van der Waals surface area contributed by atoms with Crippen LogP contribution in [0.4, 0.5) is 0 Å². The number of aromatic carboxylic acids is 1. The molecular formula is C11H18N4O5S. The number of carboxylic acids is 1. The predicted octanol–water partition coefficient (Wildman–Crippen LogP) is -0.391. The van der Waals surface area contributed by atoms with Crippen molar-refractivity contribution in [3.63, 3.8) is 0 Å². The molecule has 10 heteroatoms. The average Bonchev–Trinajstić information content (AvgIpc) is 2.67. The van der Waals surface area contributed by atoms with E-state index < -0.39 is 44.6 Å². The van der Waals surface area contributed by atoms with E-state index in [1.165, 1.54) is 6.92 Å². The Morgan fingerprint density at radius 2 is 1.90 bits per heavy atom. The molecule has 0 fully saturated rings. The Labute approximate surface area is 122 Å². The van der Waals surface area contributed by atoms with Gasteiger partial charge in [-0.15, -0.1) is 0 Å². The van der Waals surface area contributed by atoms with Crippen LogP contribution in [-0.2, 0) is 14.8 Å². The van der Waals surface area contributed by atoms with Gasteiger partial charge >= 0.3 is 5.97 Å². The third-order valence-electron chi connectivity index (χ3n) is 2.30. The minimum Gasteiger partial charge on any atom is -0.476 e. The van der Waals surface area contributed by atoms with Crippen molar-refractivity contribution in [1.29, 1.82) is 0 Å². The summed E-state index contributed by atoms with van der Waals surface area (Å²) in [6, 6.07) is 0. The van der Waals surface area contributed by atoms with E-state index >= 15 is 0 Å². The fourth-order valence-corrected chi connectivity index (χ4v) is 2.89. The number of carboxylic acid groups (broad SMARTS) is 1. The zero-order valence-corrected chi connectivity index (χ0v) is 13.0. The summed E-state index contributed by atoms with van der Waals surface area (Å²) in [5.74, 6) is -2.00. The lowest BCUT2D eigenvalue weighted by molar-refractivity contribution is -0.121. The van der Waals surface area contributed by atoms with Crippen LogP contribution in [0.1, 0.15) is 37.0 Å². The maximum Gasteiger partial charge on any atom is 0.357 e. The molecule has 4 N–H and O–H groups in total. The molecule has 0 saturated carbocycles. The van der Waals surface area contributed by atoms with Crippen LogP contribution in [0.5, 0.6) is 0 Å². The molecule has 1 rings (SSSR count). The first kappa shape index (κ1) is 17.1. The van der Waals surface area contributed by atoms with E-state index in [-0.39, 0.29) is 5.69 Å². The highest BCUT2D eigenvalue weighted by Gasteiger charge is 2.28. The smallest absolute Gasteiger partial charge is 0.357 e. The van der Waals surface area contributed by atoms with Crippen LogP contribution < -0.4 is 10.0 Å². The van der Waals surface area contributed by atoms with Gasteiger partial charge in [-0.2, -0.15) is 5.10 Å². The van der Waals surface area contributed by atoms with E-state index in [1.807, 2.05) is 0 Å². The number of nitrogens with zero attached hydrogens (tertiary/aromatic N) is 1. The third kappa shape index (κ3) is 4.53. The molecular weight excluding hydrogens is 300 g/mol. The number of carbonyl (C=O) groups excluding carboxylic acids is 1. The number of amides is 1. The molecule has 1 aromatic rings. The van der Waals surface area contributed by atoms with Crippen LogP contribution in [0.2, 0.25) is 0 Å². The van der Waals surface area contributed by atoms with Crippen molar-refractivity contribution in [3.8, 4) is 0 Å². The number of hydrogen-bond acceptors (Lipinski definition) is 5. The molecule has 1 aromatic heterocycles. The Kier molecular flexibility index (Phi) is 4.74. The van der Waals surface area contributed by atoms with Gasteiger partial charge in [0, 0.05) is 5.54 Å². The zero-order valence-electron chi connectivity index (χ0n) is 12.1. The van der Waals surface area contributed by atoms with Gasteiger partial charge in [-0.05, 0) is 27.7 Å². The lowest BCUT2D eigenvalue weighted by Crippen LogP contribution is -2.45. The maximum absolute atomic E-state index is 12.1. The van der Waals surface area contributed by atoms with Gasteiger partial charge in [0.2, 0.25) is 15.9 Å². The number of aromatic nitrogens is 2. The predicted molar refractivity (Wildman–Crippen MR) is 73.4 cm³/mol. The largest absolute Gasteiger partial charge is 0.476 e. The summed E-state index contributed by atoms with van der Waals surface area (Å²) in [7, 11) is -4.16. The number of aromatic amines is 1. The molecule has 0 bridgehead atoms. The van der Waals surface area contributed by atoms with E-state index in [4.69, 9.17) is 5.11 Å². The molecule has 9 nitrogen and oxygen atoms in total. The summed E-state index contributed by atoms with van der Waals surface area (Å²) >= 11 is 0. The van der Waals surface area contributed by atoms with Crippen LogP contribution in [0.3, 0.4) is 0 Å². The SMILES string of the molecule is Cc1[nH]nc(C(=O)O)c1S(=O)(=O)NCC(=O)NC(C)(C)C. The Hall–Kier alpha value is -1.94. The molecule has 1 heterocycles. The van der Waals surface area contributed by atoms with Crippen LogP contribution in [0.15, 0.2) is 4.90 Å². The van der Waals surface area contributed by atoms with Gasteiger partial charge in [-0.1, -0.05) is 0 Å². The molecule has 0 aliphatic carbocycles. The summed E-state index contributed by atoms with van der Waals surface area (Å²) in [6.45, 7) is 6.14. The number of rotatable bonds is 5. The molecule has 0 aromatic carbocycles. The first-order valence-electron chi connectivity index (χ1n) is 6.03. The molecule has 0 atom stereocenters. The molecule has 0 spiro atoms. The minimum atomic E-state index is -4.16. The number of hydrogen-bond donors (Lipinski definition) is 4. The second kappa shape index (κ2) is 5.82. The van der Waals surface area contributed by atoms with Gasteiger partial charge in [0.1, 0.15) is 4.90 Å². The van der Waals surface area contributed by atoms with Crippen LogP contribution in [0, 0.1) is 6.92 Å². The van der Waals surface area contributed by atoms with Crippen molar-refractivity contribution in [2.24, 2.45) is 0 Å². The van der Waals surface area contributed by atoms with Crippen molar-refractivity contribution in [3.05, 3.63) is 11.4 Å². The lowest BCUT2D eigenvalue weighted by atomic mass is 10.1. The van der Waals surface area contributed by atoms with Crippen molar-refractivity contribution in [1.82, 2.24) is 20.2 Å². The van der Waals surface area contributed by atoms with Gasteiger partial charge in [-0.25, -0.2) is 17.9 Å². The molecule has 0 unspecified atom stereocenters. The average molecular weight is 318 g/mol. The highest BCUT2D eigenvalue weighted by Crippen LogP contribution is 2.17. The lowest BCUT2D eigenvalue weighted by Gasteiger charge is -2.20. The van der Waals surface area contributed by atoms with Gasteiger partial charge in [0.05, 0.1) is 12.2 Å². The van der Waals surface area contributed by atoms with Crippen LogP contribution in [-0.4, -0.2) is 47.7 Å². The van der Waals surface area contributed by atoms with Crippen LogP contribution in [0.25, 0.3) is 0 Å². The number of H-pyrrole nitrogens is 1. The Morgan fingerprint density at radius 1 is 1.33 bits per heavy atom. The molecule has 1 amide bonds. The van der Waals surface area contributed by atoms with Gasteiger partial charge in [0.15, 0.2) is 5.69 Å². The van der Waals surface area contributed by atoms with E-state index in [0.29, 0.717) is 0 Å². The summed E-state index contributed by atoms with van der Waals surface area (Å²) < 4.78 is 26.2. The molecule has 0 aliphatic rings. The van der Waals surface area contributed by atoms with Crippen molar-refractivity contribution in [2.45, 2.75) is 38.1 Å². The number of aryl methyl sites for hydroxylation is 1. The number of carbonyl (C=O) groups is 2. The Morgan fingerprint density at radius 3 is 2.38 bits per heavy atom. The van der Waals surface area contributed by atoms with Crippen molar-refractivity contribution >= 4 is 21.9 Å².